The highest BCUT2D eigenvalue weighted by molar-refractivity contribution is 7.10. The molecule has 3 heteroatoms. The molecule has 1 atom stereocenters. The Labute approximate surface area is 99.7 Å². The molecule has 1 heterocycles. The molecular formula is C13H15NOS. The van der Waals surface area contributed by atoms with Crippen LogP contribution in [-0.2, 0) is 6.42 Å². The maximum Gasteiger partial charge on any atom is 0.134 e. The van der Waals surface area contributed by atoms with Gasteiger partial charge >= 0.3 is 0 Å². The lowest BCUT2D eigenvalue weighted by Crippen LogP contribution is -2.12. The normalized spacial score (nSPS) is 12.4. The van der Waals surface area contributed by atoms with Crippen molar-refractivity contribution in [3.63, 3.8) is 0 Å². The monoisotopic (exact) mass is 233 g/mol. The molecule has 1 unspecified atom stereocenters. The van der Waals surface area contributed by atoms with Gasteiger partial charge in [-0.3, -0.25) is 0 Å². The average molecular weight is 233 g/mol. The Morgan fingerprint density at radius 2 is 2.00 bits per heavy atom. The minimum atomic E-state index is 0.0114. The summed E-state index contributed by atoms with van der Waals surface area (Å²) in [4.78, 5) is 1.12. The van der Waals surface area contributed by atoms with E-state index in [1.807, 2.05) is 29.6 Å². The topological polar surface area (TPSA) is 35.2 Å². The van der Waals surface area contributed by atoms with E-state index in [-0.39, 0.29) is 6.04 Å². The number of benzene rings is 1. The summed E-state index contributed by atoms with van der Waals surface area (Å²) >= 11 is 1.65. The highest BCUT2D eigenvalue weighted by Gasteiger charge is 2.13. The molecule has 2 rings (SSSR count). The molecule has 0 aliphatic heterocycles. The van der Waals surface area contributed by atoms with Crippen LogP contribution in [-0.4, -0.2) is 7.11 Å². The third-order valence-corrected chi connectivity index (χ3v) is 3.54. The summed E-state index contributed by atoms with van der Waals surface area (Å²) in [6.07, 6.45) is 0.845. The summed E-state index contributed by atoms with van der Waals surface area (Å²) in [5, 5.41) is 2.01. The van der Waals surface area contributed by atoms with Crippen molar-refractivity contribution < 1.29 is 4.74 Å². The van der Waals surface area contributed by atoms with Crippen molar-refractivity contribution >= 4 is 11.3 Å². The summed E-state index contributed by atoms with van der Waals surface area (Å²) in [6, 6.07) is 12.3. The van der Waals surface area contributed by atoms with Crippen molar-refractivity contribution in [2.24, 2.45) is 5.73 Å². The van der Waals surface area contributed by atoms with Crippen LogP contribution in [0.5, 0.6) is 5.75 Å². The zero-order valence-electron chi connectivity index (χ0n) is 9.22. The highest BCUT2D eigenvalue weighted by Crippen LogP contribution is 2.31. The molecule has 0 spiro atoms. The molecule has 1 aromatic carbocycles. The van der Waals surface area contributed by atoms with Gasteiger partial charge in [-0.05, 0) is 23.4 Å². The summed E-state index contributed by atoms with van der Waals surface area (Å²) in [6.45, 7) is 0. The van der Waals surface area contributed by atoms with E-state index < -0.39 is 0 Å². The van der Waals surface area contributed by atoms with Gasteiger partial charge in [0.25, 0.3) is 0 Å². The van der Waals surface area contributed by atoms with E-state index in [1.54, 1.807) is 18.4 Å². The van der Waals surface area contributed by atoms with Gasteiger partial charge in [0, 0.05) is 6.04 Å². The molecule has 84 valence electrons. The molecule has 0 amide bonds. The second-order valence-corrected chi connectivity index (χ2v) is 4.60. The fraction of sp³-hybridized carbons (Fsp3) is 0.231. The first-order valence-corrected chi connectivity index (χ1v) is 6.10. The van der Waals surface area contributed by atoms with Crippen molar-refractivity contribution in [1.82, 2.24) is 0 Å². The first-order chi connectivity index (χ1) is 7.81. The molecule has 0 radical (unpaired) electrons. The van der Waals surface area contributed by atoms with Gasteiger partial charge in [0.15, 0.2) is 0 Å². The number of methoxy groups -OCH3 is 1. The maximum atomic E-state index is 6.18. The average Bonchev–Trinajstić information content (AvgIpc) is 2.78. The van der Waals surface area contributed by atoms with E-state index in [4.69, 9.17) is 10.5 Å². The zero-order valence-corrected chi connectivity index (χ0v) is 10.0. The van der Waals surface area contributed by atoms with Gasteiger partial charge in [-0.15, -0.1) is 11.3 Å². The first-order valence-electron chi connectivity index (χ1n) is 5.22. The Kier molecular flexibility index (Phi) is 3.59. The van der Waals surface area contributed by atoms with Gasteiger partial charge < -0.3 is 10.5 Å². The predicted octanol–water partition coefficient (Wildman–Crippen LogP) is 3.00. The van der Waals surface area contributed by atoms with Gasteiger partial charge in [0.05, 0.1) is 12.0 Å². The SMILES string of the molecule is COc1ccsc1C(N)Cc1ccccc1. The summed E-state index contributed by atoms with van der Waals surface area (Å²) in [5.41, 5.74) is 7.43. The van der Waals surface area contributed by atoms with Gasteiger partial charge in [-0.2, -0.15) is 0 Å². The van der Waals surface area contributed by atoms with Crippen LogP contribution in [0.4, 0.5) is 0 Å². The van der Waals surface area contributed by atoms with Crippen LogP contribution in [0.3, 0.4) is 0 Å². The van der Waals surface area contributed by atoms with E-state index in [0.717, 1.165) is 17.0 Å². The van der Waals surface area contributed by atoms with Gasteiger partial charge in [-0.25, -0.2) is 0 Å². The van der Waals surface area contributed by atoms with E-state index in [0.29, 0.717) is 0 Å². The molecule has 0 aliphatic rings. The van der Waals surface area contributed by atoms with Crippen molar-refractivity contribution in [3.05, 3.63) is 52.2 Å². The summed E-state index contributed by atoms with van der Waals surface area (Å²) in [7, 11) is 1.68. The number of nitrogens with two attached hydrogens (primary N) is 1. The van der Waals surface area contributed by atoms with Crippen LogP contribution in [0.1, 0.15) is 16.5 Å². The minimum Gasteiger partial charge on any atom is -0.496 e. The van der Waals surface area contributed by atoms with Crippen LogP contribution in [0, 0.1) is 0 Å². The largest absolute Gasteiger partial charge is 0.496 e. The summed E-state index contributed by atoms with van der Waals surface area (Å²) < 4.78 is 5.27. The third-order valence-electron chi connectivity index (χ3n) is 2.51. The number of rotatable bonds is 4. The zero-order chi connectivity index (χ0) is 11.4. The van der Waals surface area contributed by atoms with Crippen LogP contribution in [0.25, 0.3) is 0 Å². The van der Waals surface area contributed by atoms with Gasteiger partial charge in [0.1, 0.15) is 5.75 Å². The third kappa shape index (κ3) is 2.43. The van der Waals surface area contributed by atoms with Crippen LogP contribution in [0.2, 0.25) is 0 Å². The molecule has 0 fully saturated rings. The molecule has 0 saturated heterocycles. The van der Waals surface area contributed by atoms with E-state index in [2.05, 4.69) is 12.1 Å². The molecule has 0 saturated carbocycles. The smallest absolute Gasteiger partial charge is 0.134 e. The molecule has 0 bridgehead atoms. The molecule has 16 heavy (non-hydrogen) atoms. The van der Waals surface area contributed by atoms with Crippen LogP contribution < -0.4 is 10.5 Å². The van der Waals surface area contributed by atoms with E-state index >= 15 is 0 Å². The standard InChI is InChI=1S/C13H15NOS/c1-15-12-7-8-16-13(12)11(14)9-10-5-3-2-4-6-10/h2-8,11H,9,14H2,1H3. The Morgan fingerprint density at radius 3 is 2.69 bits per heavy atom. The first kappa shape index (κ1) is 11.2. The predicted molar refractivity (Wildman–Crippen MR) is 67.9 cm³/mol. The molecule has 2 nitrogen and oxygen atoms in total. The Hall–Kier alpha value is -1.32. The number of thiophene rings is 1. The Morgan fingerprint density at radius 1 is 1.25 bits per heavy atom. The highest BCUT2D eigenvalue weighted by atomic mass is 32.1. The van der Waals surface area contributed by atoms with Crippen molar-refractivity contribution in [2.75, 3.05) is 7.11 Å². The van der Waals surface area contributed by atoms with Gasteiger partial charge in [-0.1, -0.05) is 30.3 Å². The lowest BCUT2D eigenvalue weighted by atomic mass is 10.1. The fourth-order valence-corrected chi connectivity index (χ4v) is 2.57. The summed E-state index contributed by atoms with van der Waals surface area (Å²) in [5.74, 6) is 0.897. The molecule has 0 aliphatic carbocycles. The maximum absolute atomic E-state index is 6.18. The van der Waals surface area contributed by atoms with Gasteiger partial charge in [0.2, 0.25) is 0 Å². The van der Waals surface area contributed by atoms with E-state index in [9.17, 15) is 0 Å². The second-order valence-electron chi connectivity index (χ2n) is 3.65. The van der Waals surface area contributed by atoms with Crippen molar-refractivity contribution in [1.29, 1.82) is 0 Å². The van der Waals surface area contributed by atoms with Crippen molar-refractivity contribution in [3.8, 4) is 5.75 Å². The number of hydrogen-bond donors (Lipinski definition) is 1. The Balaban J connectivity index is 2.11. The Bertz CT molecular complexity index is 438. The molecule has 2 aromatic rings. The van der Waals surface area contributed by atoms with Crippen LogP contribution >= 0.6 is 11.3 Å². The van der Waals surface area contributed by atoms with Crippen molar-refractivity contribution in [2.45, 2.75) is 12.5 Å². The molecule has 2 N–H and O–H groups in total. The molecule has 1 aromatic heterocycles. The lowest BCUT2D eigenvalue weighted by Gasteiger charge is -2.11. The number of ether oxygens (including phenoxy) is 1. The molecular weight excluding hydrogens is 218 g/mol. The fourth-order valence-electron chi connectivity index (χ4n) is 1.71. The number of hydrogen-bond acceptors (Lipinski definition) is 3. The quantitative estimate of drug-likeness (QED) is 0.881. The second kappa shape index (κ2) is 5.14. The van der Waals surface area contributed by atoms with E-state index in [1.165, 1.54) is 5.56 Å². The lowest BCUT2D eigenvalue weighted by molar-refractivity contribution is 0.409. The minimum absolute atomic E-state index is 0.0114. The van der Waals surface area contributed by atoms with Crippen LogP contribution in [0.15, 0.2) is 41.8 Å².